The molecule has 1 aromatic carbocycles. The van der Waals surface area contributed by atoms with Gasteiger partial charge in [0.05, 0.1) is 5.69 Å². The number of aryl methyl sites for hydroxylation is 1. The number of anilines is 1. The average molecular weight is 450 g/mol. The molecule has 1 saturated carbocycles. The van der Waals surface area contributed by atoms with Crippen LogP contribution in [-0.4, -0.2) is 60.4 Å². The molecular formula is C27H39N5O. The smallest absolute Gasteiger partial charge is 0.251 e. The number of hydrogen-bond acceptors (Lipinski definition) is 4. The zero-order valence-electron chi connectivity index (χ0n) is 20.5. The molecule has 2 aromatic rings. The number of amides is 1. The number of benzene rings is 1. The Labute approximate surface area is 198 Å². The average Bonchev–Trinajstić information content (AvgIpc) is 3.25. The molecule has 3 saturated heterocycles. The number of aromatic nitrogens is 2. The summed E-state index contributed by atoms with van der Waals surface area (Å²) in [5, 5.41) is 8.16. The SMILES string of the molecule is CN(C)c1ccc(C(=O)NC[C@H]2C[C@@H]3CCN2C[C@H]3c2cc(C3CCCCC3)nn2C)cc1. The molecule has 6 heteroatoms. The van der Waals surface area contributed by atoms with E-state index in [-0.39, 0.29) is 5.91 Å². The first kappa shape index (κ1) is 22.5. The molecule has 4 fully saturated rings. The Morgan fingerprint density at radius 3 is 2.55 bits per heavy atom. The molecule has 2 bridgehead atoms. The molecule has 0 spiro atoms. The van der Waals surface area contributed by atoms with Crippen LogP contribution < -0.4 is 10.2 Å². The molecule has 33 heavy (non-hydrogen) atoms. The lowest BCUT2D eigenvalue weighted by atomic mass is 9.74. The normalized spacial score (nSPS) is 27.5. The van der Waals surface area contributed by atoms with Gasteiger partial charge in [0.1, 0.15) is 0 Å². The van der Waals surface area contributed by atoms with Gasteiger partial charge in [-0.2, -0.15) is 5.10 Å². The minimum Gasteiger partial charge on any atom is -0.378 e. The van der Waals surface area contributed by atoms with E-state index in [1.807, 2.05) is 43.3 Å². The minimum absolute atomic E-state index is 0.0308. The molecule has 1 unspecified atom stereocenters. The molecule has 4 aliphatic rings. The van der Waals surface area contributed by atoms with Gasteiger partial charge in [0.25, 0.3) is 5.91 Å². The number of fused-ring (bicyclic) bond motifs is 3. The van der Waals surface area contributed by atoms with Crippen molar-refractivity contribution in [2.75, 3.05) is 38.6 Å². The maximum absolute atomic E-state index is 12.7. The van der Waals surface area contributed by atoms with Crippen molar-refractivity contribution >= 4 is 11.6 Å². The van der Waals surface area contributed by atoms with E-state index in [1.165, 1.54) is 49.9 Å². The highest BCUT2D eigenvalue weighted by Crippen LogP contribution is 2.43. The number of rotatable bonds is 6. The summed E-state index contributed by atoms with van der Waals surface area (Å²) >= 11 is 0. The fourth-order valence-electron chi connectivity index (χ4n) is 6.36. The van der Waals surface area contributed by atoms with Gasteiger partial charge in [-0.3, -0.25) is 14.4 Å². The molecule has 1 N–H and O–H groups in total. The predicted octanol–water partition coefficient (Wildman–Crippen LogP) is 4.14. The number of nitrogens with zero attached hydrogens (tertiary/aromatic N) is 4. The first-order valence-electron chi connectivity index (χ1n) is 12.8. The fraction of sp³-hybridized carbons (Fsp3) is 0.630. The zero-order chi connectivity index (χ0) is 22.9. The quantitative estimate of drug-likeness (QED) is 0.720. The lowest BCUT2D eigenvalue weighted by molar-refractivity contribution is 0.0280. The summed E-state index contributed by atoms with van der Waals surface area (Å²) in [6.45, 7) is 2.97. The molecular weight excluding hydrogens is 410 g/mol. The van der Waals surface area contributed by atoms with E-state index in [0.717, 1.165) is 37.3 Å². The Morgan fingerprint density at radius 2 is 1.88 bits per heavy atom. The summed E-state index contributed by atoms with van der Waals surface area (Å²) in [6.07, 6.45) is 9.11. The molecule has 4 atom stereocenters. The summed E-state index contributed by atoms with van der Waals surface area (Å²) in [5.41, 5.74) is 4.59. The van der Waals surface area contributed by atoms with E-state index >= 15 is 0 Å². The third-order valence-electron chi connectivity index (χ3n) is 8.36. The second-order valence-electron chi connectivity index (χ2n) is 10.6. The van der Waals surface area contributed by atoms with Crippen LogP contribution in [0.1, 0.15) is 78.5 Å². The van der Waals surface area contributed by atoms with Crippen molar-refractivity contribution in [2.45, 2.75) is 62.8 Å². The van der Waals surface area contributed by atoms with Crippen LogP contribution in [0.25, 0.3) is 0 Å². The van der Waals surface area contributed by atoms with Gasteiger partial charge in [-0.05, 0) is 68.5 Å². The van der Waals surface area contributed by atoms with Gasteiger partial charge < -0.3 is 10.2 Å². The van der Waals surface area contributed by atoms with E-state index in [2.05, 4.69) is 28.0 Å². The Bertz CT molecular complexity index is 959. The summed E-state index contributed by atoms with van der Waals surface area (Å²) in [6, 6.07) is 10.7. The van der Waals surface area contributed by atoms with Gasteiger partial charge >= 0.3 is 0 Å². The summed E-state index contributed by atoms with van der Waals surface area (Å²) in [7, 11) is 6.16. The maximum atomic E-state index is 12.7. The third kappa shape index (κ3) is 4.68. The van der Waals surface area contributed by atoms with Crippen LogP contribution >= 0.6 is 0 Å². The standard InChI is InChI=1S/C27H39N5O/c1-30(2)22-11-9-20(10-12-22)27(33)28-17-23-15-21-13-14-32(23)18-24(21)26-16-25(29-31(26)3)19-7-5-4-6-8-19/h9-12,16,19,21,23-24H,4-8,13-15,17-18H2,1-3H3,(H,28,33)/t21-,23+,24+/m0/s1. The topological polar surface area (TPSA) is 53.4 Å². The predicted molar refractivity (Wildman–Crippen MR) is 133 cm³/mol. The second kappa shape index (κ2) is 9.49. The van der Waals surface area contributed by atoms with Crippen LogP contribution in [0, 0.1) is 5.92 Å². The first-order chi connectivity index (χ1) is 16.0. The molecule has 3 aliphatic heterocycles. The van der Waals surface area contributed by atoms with Gasteiger partial charge in [0, 0.05) is 69.1 Å². The van der Waals surface area contributed by atoms with Crippen LogP contribution in [-0.2, 0) is 7.05 Å². The van der Waals surface area contributed by atoms with E-state index in [0.29, 0.717) is 23.8 Å². The lowest BCUT2D eigenvalue weighted by Crippen LogP contribution is -2.56. The van der Waals surface area contributed by atoms with Crippen LogP contribution in [0.3, 0.4) is 0 Å². The molecule has 1 aliphatic carbocycles. The van der Waals surface area contributed by atoms with Crippen molar-refractivity contribution in [3.63, 3.8) is 0 Å². The van der Waals surface area contributed by atoms with E-state index in [4.69, 9.17) is 5.10 Å². The van der Waals surface area contributed by atoms with Gasteiger partial charge in [0.15, 0.2) is 0 Å². The number of piperidine rings is 3. The van der Waals surface area contributed by atoms with Gasteiger partial charge in [-0.1, -0.05) is 19.3 Å². The Morgan fingerprint density at radius 1 is 1.12 bits per heavy atom. The molecule has 178 valence electrons. The van der Waals surface area contributed by atoms with Crippen LogP contribution in [0.2, 0.25) is 0 Å². The number of carbonyl (C=O) groups is 1. The summed E-state index contributed by atoms with van der Waals surface area (Å²) < 4.78 is 2.17. The van der Waals surface area contributed by atoms with Gasteiger partial charge in [0.2, 0.25) is 0 Å². The highest BCUT2D eigenvalue weighted by atomic mass is 16.1. The Balaban J connectivity index is 1.19. The molecule has 1 aromatic heterocycles. The number of hydrogen-bond donors (Lipinski definition) is 1. The number of nitrogens with one attached hydrogen (secondary N) is 1. The van der Waals surface area contributed by atoms with Crippen molar-refractivity contribution < 1.29 is 4.79 Å². The fourth-order valence-corrected chi connectivity index (χ4v) is 6.36. The zero-order valence-corrected chi connectivity index (χ0v) is 20.5. The van der Waals surface area contributed by atoms with Crippen molar-refractivity contribution in [3.05, 3.63) is 47.3 Å². The van der Waals surface area contributed by atoms with E-state index in [9.17, 15) is 4.79 Å². The highest BCUT2D eigenvalue weighted by molar-refractivity contribution is 5.94. The van der Waals surface area contributed by atoms with Crippen molar-refractivity contribution in [3.8, 4) is 0 Å². The highest BCUT2D eigenvalue weighted by Gasteiger charge is 2.42. The summed E-state index contributed by atoms with van der Waals surface area (Å²) in [5.74, 6) is 1.95. The van der Waals surface area contributed by atoms with Crippen LogP contribution in [0.5, 0.6) is 0 Å². The third-order valence-corrected chi connectivity index (χ3v) is 8.36. The van der Waals surface area contributed by atoms with Crippen molar-refractivity contribution in [2.24, 2.45) is 13.0 Å². The second-order valence-corrected chi connectivity index (χ2v) is 10.6. The van der Waals surface area contributed by atoms with Crippen LogP contribution in [0.4, 0.5) is 5.69 Å². The first-order valence-corrected chi connectivity index (χ1v) is 12.8. The minimum atomic E-state index is 0.0308. The Hall–Kier alpha value is -2.34. The van der Waals surface area contributed by atoms with Crippen molar-refractivity contribution in [1.82, 2.24) is 20.0 Å². The molecule has 4 heterocycles. The maximum Gasteiger partial charge on any atom is 0.251 e. The Kier molecular flexibility index (Phi) is 6.46. The number of carbonyl (C=O) groups excluding carboxylic acids is 1. The van der Waals surface area contributed by atoms with Crippen LogP contribution in [0.15, 0.2) is 30.3 Å². The lowest BCUT2D eigenvalue weighted by Gasteiger charge is -2.50. The van der Waals surface area contributed by atoms with Gasteiger partial charge in [-0.25, -0.2) is 0 Å². The van der Waals surface area contributed by atoms with Crippen molar-refractivity contribution in [1.29, 1.82) is 0 Å². The van der Waals surface area contributed by atoms with E-state index in [1.54, 1.807) is 0 Å². The summed E-state index contributed by atoms with van der Waals surface area (Å²) in [4.78, 5) is 17.4. The molecule has 0 radical (unpaired) electrons. The van der Waals surface area contributed by atoms with Gasteiger partial charge in [-0.15, -0.1) is 0 Å². The molecule has 1 amide bonds. The molecule has 6 nitrogen and oxygen atoms in total. The van der Waals surface area contributed by atoms with E-state index < -0.39 is 0 Å². The molecule has 6 rings (SSSR count). The largest absolute Gasteiger partial charge is 0.378 e. The monoisotopic (exact) mass is 449 g/mol.